The first kappa shape index (κ1) is 102. The number of nitrogens with zero attached hydrogens (tertiary/aromatic N) is 8. The molecule has 6 amide bonds. The summed E-state index contributed by atoms with van der Waals surface area (Å²) in [6, 6.07) is 75.3. The Morgan fingerprint density at radius 2 is 1.17 bits per heavy atom. The molecule has 4 N–H and O–H groups in total. The van der Waals surface area contributed by atoms with Crippen LogP contribution in [0.5, 0.6) is 17.2 Å². The third kappa shape index (κ3) is 28.3. The number of ketones is 3. The van der Waals surface area contributed by atoms with Crippen molar-refractivity contribution in [3.8, 4) is 28.4 Å². The van der Waals surface area contributed by atoms with Crippen molar-refractivity contribution in [2.75, 3.05) is 89.9 Å². The van der Waals surface area contributed by atoms with Crippen molar-refractivity contribution in [3.05, 3.63) is 330 Å². The van der Waals surface area contributed by atoms with E-state index in [2.05, 4.69) is 115 Å². The normalized spacial score (nSPS) is 16.6. The molecular weight excluding hydrogens is 1790 g/mol. The van der Waals surface area contributed by atoms with Crippen molar-refractivity contribution in [1.82, 2.24) is 30.0 Å². The van der Waals surface area contributed by atoms with Gasteiger partial charge in [0.1, 0.15) is 46.9 Å². The van der Waals surface area contributed by atoms with E-state index in [0.29, 0.717) is 112 Å². The van der Waals surface area contributed by atoms with E-state index in [-0.39, 0.29) is 76.8 Å². The van der Waals surface area contributed by atoms with Crippen LogP contribution < -0.4 is 34.3 Å². The molecular formula is C119H128N11O13+. The number of pyridine rings is 1. The molecule has 2 aromatic heterocycles. The molecule has 0 radical (unpaired) electrons. The number of carbonyl (C=O) groups is 9. The molecule has 0 spiro atoms. The monoisotopic (exact) mass is 1920 g/mol. The number of ether oxygens (including phenoxy) is 3. The van der Waals surface area contributed by atoms with Crippen LogP contribution in [0.4, 0.5) is 11.4 Å². The predicted octanol–water partition coefficient (Wildman–Crippen LogP) is 20.6. The molecule has 19 rings (SSSR count). The number of hydrogen-bond acceptors (Lipinski definition) is 16. The molecule has 7 aliphatic rings. The van der Waals surface area contributed by atoms with Crippen LogP contribution >= 0.6 is 0 Å². The Balaban J connectivity index is 0.000000135. The maximum atomic E-state index is 13.1. The lowest BCUT2D eigenvalue weighted by molar-refractivity contribution is -0.696. The van der Waals surface area contributed by atoms with Gasteiger partial charge in [0.15, 0.2) is 18.2 Å². The van der Waals surface area contributed by atoms with E-state index in [0.717, 1.165) is 193 Å². The molecule has 0 unspecified atom stereocenters. The molecule has 0 aliphatic carbocycles. The fourth-order valence-corrected chi connectivity index (χ4v) is 19.5. The number of anilines is 2. The number of nitrogens with one attached hydrogen (secondary N) is 3. The molecule has 143 heavy (non-hydrogen) atoms. The SMILES string of the molecule is C=C(O)c1cc(OCC(=O)Nc2c(C)cccc2C)c2ccccc2n1.COc1ccc(C2=CCN(C(=O)CCCN3C(=O)Cc4ccccc43)CC2)cc1.COc1ccc2cc(C(=O)[C@@H]3CCCN(C(=O)CCC4=CCN=C4)C3)ccc2c1.O=C(CCCC[n+]1cc[nH]c1)CC[C@@]1(Cc2ccc(-c3ccccc3)cc2)CCC(=O)N1.O=C(c1ccc2ccccc2c1)[C@@H]1CCCN(C(=O)CCC2=CCN=C2)C1. The summed E-state index contributed by atoms with van der Waals surface area (Å²) in [5, 5.41) is 20.8. The minimum absolute atomic E-state index is 0.0990. The topological polar surface area (TPSA) is 296 Å². The molecule has 0 saturated carbocycles. The van der Waals surface area contributed by atoms with E-state index in [1.165, 1.54) is 27.8 Å². The molecule has 24 heteroatoms. The molecule has 7 aliphatic heterocycles. The molecule has 10 aromatic carbocycles. The van der Waals surface area contributed by atoms with Gasteiger partial charge in [0.25, 0.3) is 5.91 Å². The Labute approximate surface area is 836 Å². The number of methoxy groups -OCH3 is 2. The van der Waals surface area contributed by atoms with Gasteiger partial charge in [0.2, 0.25) is 35.9 Å². The zero-order valence-electron chi connectivity index (χ0n) is 82.3. The van der Waals surface area contributed by atoms with Crippen molar-refractivity contribution >= 4 is 120 Å². The average Bonchev–Trinajstić information content (AvgIpc) is 1.80. The Hall–Kier alpha value is -15.3. The molecule has 3 atom stereocenters. The first-order valence-electron chi connectivity index (χ1n) is 49.9. The summed E-state index contributed by atoms with van der Waals surface area (Å²) >= 11 is 0. The van der Waals surface area contributed by atoms with E-state index in [4.69, 9.17) is 14.2 Å². The maximum absolute atomic E-state index is 13.1. The van der Waals surface area contributed by atoms with Crippen molar-refractivity contribution in [2.24, 2.45) is 21.8 Å². The van der Waals surface area contributed by atoms with E-state index >= 15 is 0 Å². The number of H-pyrrole nitrogens is 1. The number of rotatable bonds is 33. The van der Waals surface area contributed by atoms with Gasteiger partial charge in [0.05, 0.1) is 45.8 Å². The van der Waals surface area contributed by atoms with Gasteiger partial charge in [-0.3, -0.25) is 58.1 Å². The summed E-state index contributed by atoms with van der Waals surface area (Å²) in [7, 11) is 3.31. The van der Waals surface area contributed by atoms with Crippen LogP contribution in [0, 0.1) is 25.7 Å². The summed E-state index contributed by atoms with van der Waals surface area (Å²) in [5.74, 6) is 2.73. The van der Waals surface area contributed by atoms with Crippen molar-refractivity contribution in [1.29, 1.82) is 0 Å². The fraction of sp³-hybridized carbons (Fsp3) is 0.319. The minimum Gasteiger partial charge on any atom is -0.506 e. The lowest BCUT2D eigenvalue weighted by atomic mass is 9.83. The summed E-state index contributed by atoms with van der Waals surface area (Å²) in [6.07, 6.45) is 30.0. The number of aromatic nitrogens is 3. The Kier molecular flexibility index (Phi) is 35.8. The average molecular weight is 1920 g/mol. The number of aliphatic hydroxyl groups is 1. The predicted molar refractivity (Wildman–Crippen MR) is 565 cm³/mol. The quantitative estimate of drug-likeness (QED) is 0.0129. The van der Waals surface area contributed by atoms with Crippen LogP contribution in [-0.4, -0.2) is 180 Å². The van der Waals surface area contributed by atoms with Crippen LogP contribution in [0.3, 0.4) is 0 Å². The number of aliphatic imine (C=N–C) groups is 2. The van der Waals surface area contributed by atoms with Gasteiger partial charge >= 0.3 is 0 Å². The minimum atomic E-state index is -0.304. The zero-order valence-corrected chi connectivity index (χ0v) is 82.3. The highest BCUT2D eigenvalue weighted by atomic mass is 16.5. The lowest BCUT2D eigenvalue weighted by Crippen LogP contribution is -2.44. The van der Waals surface area contributed by atoms with Gasteiger partial charge in [-0.15, -0.1) is 0 Å². The highest BCUT2D eigenvalue weighted by molar-refractivity contribution is 6.04. The largest absolute Gasteiger partial charge is 0.506 e. The van der Waals surface area contributed by atoms with Gasteiger partial charge in [-0.1, -0.05) is 195 Å². The van der Waals surface area contributed by atoms with Crippen molar-refractivity contribution < 1.29 is 67.0 Å². The number of unbranched alkanes of at least 4 members (excludes halogenated alkanes) is 1. The summed E-state index contributed by atoms with van der Waals surface area (Å²) in [6.45, 7) is 14.2. The van der Waals surface area contributed by atoms with Crippen LogP contribution in [0.1, 0.15) is 170 Å². The van der Waals surface area contributed by atoms with Gasteiger partial charge < -0.3 is 49.6 Å². The summed E-state index contributed by atoms with van der Waals surface area (Å²) in [4.78, 5) is 136. The number of para-hydroxylation sites is 3. The number of piperidine rings is 2. The number of Topliss-reactive ketones (excluding diaryl/α,β-unsaturated/α-hetero) is 3. The number of aromatic amines is 1. The smallest absolute Gasteiger partial charge is 0.262 e. The number of benzene rings is 10. The second-order valence-electron chi connectivity index (χ2n) is 37.6. The van der Waals surface area contributed by atoms with E-state index < -0.39 is 0 Å². The Bertz CT molecular complexity index is 6700. The number of imidazole rings is 1. The number of aryl methyl sites for hydroxylation is 3. The molecule has 12 aromatic rings. The Morgan fingerprint density at radius 1 is 0.573 bits per heavy atom. The van der Waals surface area contributed by atoms with Crippen LogP contribution in [-0.2, 0) is 52.9 Å². The Morgan fingerprint density at radius 3 is 1.80 bits per heavy atom. The first-order valence-corrected chi connectivity index (χ1v) is 49.9. The highest BCUT2D eigenvalue weighted by Crippen LogP contribution is 2.36. The van der Waals surface area contributed by atoms with Crippen molar-refractivity contribution in [2.45, 2.75) is 154 Å². The second kappa shape index (κ2) is 50.2. The van der Waals surface area contributed by atoms with Crippen LogP contribution in [0.2, 0.25) is 0 Å². The number of carbonyl (C=O) groups excluding carboxylic acids is 9. The maximum Gasteiger partial charge on any atom is 0.262 e. The van der Waals surface area contributed by atoms with Crippen LogP contribution in [0.15, 0.2) is 295 Å². The van der Waals surface area contributed by atoms with E-state index in [1.54, 1.807) is 20.3 Å². The number of amides is 6. The number of fused-ring (bicyclic) bond motifs is 4. The third-order valence-electron chi connectivity index (χ3n) is 27.6. The first-order chi connectivity index (χ1) is 69.6. The summed E-state index contributed by atoms with van der Waals surface area (Å²) in [5.41, 5.74) is 15.3. The van der Waals surface area contributed by atoms with Gasteiger partial charge in [-0.25, -0.2) is 9.55 Å². The molecule has 736 valence electrons. The number of allylic oxidation sites excluding steroid dienone is 2. The summed E-state index contributed by atoms with van der Waals surface area (Å²) < 4.78 is 18.3. The second-order valence-corrected chi connectivity index (χ2v) is 37.6. The lowest BCUT2D eigenvalue weighted by Gasteiger charge is -2.32. The van der Waals surface area contributed by atoms with E-state index in [1.807, 2.05) is 234 Å². The highest BCUT2D eigenvalue weighted by Gasteiger charge is 2.39. The third-order valence-corrected chi connectivity index (χ3v) is 27.6. The van der Waals surface area contributed by atoms with E-state index in [9.17, 15) is 48.3 Å². The molecule has 24 nitrogen and oxygen atoms in total. The number of likely N-dealkylation sites (tertiary alicyclic amines) is 2. The van der Waals surface area contributed by atoms with Gasteiger partial charge in [0, 0.05) is 148 Å². The molecule has 0 bridgehead atoms. The van der Waals surface area contributed by atoms with Gasteiger partial charge in [-0.2, -0.15) is 0 Å². The fourth-order valence-electron chi connectivity index (χ4n) is 19.5. The number of aliphatic hydroxyl groups excluding tert-OH is 1. The molecule has 3 saturated heterocycles. The standard InChI is InChI=1S/C27H31N3O2.2C24H26N2O3.C23H24N2O2.C21H20N2O3/c31-25(8-4-5-18-30-19-17-28-21-30)13-15-27(16-14-26(32)29-27)20-22-9-11-24(12-10-22)23-6-2-1-3-7-23;1-29-22-8-7-18-13-20(6-5-19(18)14-22)24(28)21-3-2-12-26(16-21)23(27)9-4-17-10-11-25-15-17;1-29-21-10-8-18(9-11-21)19-12-15-25(16-13-19)23(27)7-4-14-26-22-6-3-2-5-20(22)17-24(26)28;26-22(10-7-17-11-12-24-15-17)25-13-3-6-21(16-25)23(27)20-9-8-18-4-1-2-5-19(18)14-20;1-13-7-6-8-14(2)21(13)23-20(25)12-26-19-11-18(15(3)24)22-17-10-5-4-9-16(17)19/h1-3,6-7,9-12,17,19,21H,4-5,8,13-16,18,20H2,(H,29,32);5-8,10,13-15,21H,2-4,9,11-12,16H2,1H3;2-3,5-6,8-12H,4,7,13-17H2,1H3;1-2,4-5,8-9,11,14-15,21H,3,6-7,10,12-13,16H2;4-11,24H,3,12H2,1-2H3,(H,23,25)/p+1/t27-;21-;;21-;/m01.1./s1. The van der Waals surface area contributed by atoms with Crippen LogP contribution in [0.25, 0.3) is 54.9 Å². The number of hydrogen-bond donors (Lipinski definition) is 4. The molecule has 3 fully saturated rings. The zero-order chi connectivity index (χ0) is 100.0. The molecule has 9 heterocycles. The van der Waals surface area contributed by atoms with Crippen molar-refractivity contribution in [3.63, 3.8) is 0 Å². The van der Waals surface area contributed by atoms with Gasteiger partial charge in [-0.05, 0) is 229 Å².